The molecular formula is C17H23NO2. The summed E-state index contributed by atoms with van der Waals surface area (Å²) in [4.78, 5) is 12.0. The molecule has 1 N–H and O–H groups in total. The van der Waals surface area contributed by atoms with Gasteiger partial charge >= 0.3 is 5.97 Å². The topological polar surface area (TPSA) is 38.3 Å². The Balaban J connectivity index is 2.04. The summed E-state index contributed by atoms with van der Waals surface area (Å²) in [6, 6.07) is 6.66. The fourth-order valence-electron chi connectivity index (χ4n) is 3.86. The Bertz CT molecular complexity index is 540. The molecule has 0 amide bonds. The second-order valence-corrected chi connectivity index (χ2v) is 6.31. The zero-order valence-electron chi connectivity index (χ0n) is 12.5. The molecule has 1 aliphatic carbocycles. The summed E-state index contributed by atoms with van der Waals surface area (Å²) in [7, 11) is 0. The molecular weight excluding hydrogens is 250 g/mol. The summed E-state index contributed by atoms with van der Waals surface area (Å²) in [5.41, 5.74) is 3.60. The molecule has 1 aromatic carbocycles. The Labute approximate surface area is 120 Å². The first-order valence-electron chi connectivity index (χ1n) is 7.60. The van der Waals surface area contributed by atoms with Crippen LogP contribution in [-0.4, -0.2) is 25.2 Å². The molecule has 2 aliphatic rings. The highest BCUT2D eigenvalue weighted by Crippen LogP contribution is 2.46. The quantitative estimate of drug-likeness (QED) is 0.842. The van der Waals surface area contributed by atoms with Gasteiger partial charge in [0.15, 0.2) is 0 Å². The maximum atomic E-state index is 12.0. The summed E-state index contributed by atoms with van der Waals surface area (Å²) < 4.78 is 5.13. The highest BCUT2D eigenvalue weighted by atomic mass is 16.5. The van der Waals surface area contributed by atoms with Crippen molar-refractivity contribution in [1.29, 1.82) is 0 Å². The van der Waals surface area contributed by atoms with Gasteiger partial charge in [-0.2, -0.15) is 0 Å². The van der Waals surface area contributed by atoms with E-state index in [0.29, 0.717) is 24.1 Å². The number of carbonyl (C=O) groups is 1. The van der Waals surface area contributed by atoms with Crippen molar-refractivity contribution in [2.45, 2.75) is 45.1 Å². The normalized spacial score (nSPS) is 31.6. The van der Waals surface area contributed by atoms with Gasteiger partial charge in [-0.05, 0) is 60.9 Å². The van der Waals surface area contributed by atoms with Crippen LogP contribution in [0.5, 0.6) is 0 Å². The van der Waals surface area contributed by atoms with Crippen molar-refractivity contribution >= 4 is 5.97 Å². The highest BCUT2D eigenvalue weighted by Gasteiger charge is 2.45. The van der Waals surface area contributed by atoms with Crippen LogP contribution in [0.3, 0.4) is 0 Å². The molecule has 3 atom stereocenters. The van der Waals surface area contributed by atoms with Gasteiger partial charge < -0.3 is 10.1 Å². The first kappa shape index (κ1) is 13.6. The molecule has 0 spiro atoms. The summed E-state index contributed by atoms with van der Waals surface area (Å²) in [5, 5.41) is 3.63. The molecule has 3 heteroatoms. The molecule has 0 radical (unpaired) electrons. The van der Waals surface area contributed by atoms with E-state index < -0.39 is 0 Å². The minimum Gasteiger partial charge on any atom is -0.462 e. The van der Waals surface area contributed by atoms with Gasteiger partial charge in [-0.25, -0.2) is 4.79 Å². The average molecular weight is 273 g/mol. The van der Waals surface area contributed by atoms with Gasteiger partial charge in [0.25, 0.3) is 0 Å². The van der Waals surface area contributed by atoms with Crippen molar-refractivity contribution in [3.8, 4) is 0 Å². The number of nitrogens with one attached hydrogen (secondary N) is 1. The van der Waals surface area contributed by atoms with E-state index in [1.807, 2.05) is 13.0 Å². The van der Waals surface area contributed by atoms with Gasteiger partial charge in [0.1, 0.15) is 0 Å². The first-order valence-corrected chi connectivity index (χ1v) is 7.60. The van der Waals surface area contributed by atoms with Crippen molar-refractivity contribution in [2.75, 3.05) is 13.2 Å². The largest absolute Gasteiger partial charge is 0.462 e. The van der Waals surface area contributed by atoms with Crippen LogP contribution < -0.4 is 5.32 Å². The number of esters is 1. The molecule has 0 unspecified atom stereocenters. The van der Waals surface area contributed by atoms with Crippen LogP contribution in [0.2, 0.25) is 0 Å². The van der Waals surface area contributed by atoms with Crippen LogP contribution >= 0.6 is 0 Å². The third-order valence-corrected chi connectivity index (χ3v) is 5.34. The molecule has 0 aromatic heterocycles. The van der Waals surface area contributed by atoms with Gasteiger partial charge in [-0.3, -0.25) is 0 Å². The second kappa shape index (κ2) is 4.88. The Kier molecular flexibility index (Phi) is 3.33. The summed E-state index contributed by atoms with van der Waals surface area (Å²) in [5.74, 6) is 0.392. The molecule has 1 saturated heterocycles. The number of hydrogen-bond donors (Lipinski definition) is 1. The first-order chi connectivity index (χ1) is 9.56. The number of carbonyl (C=O) groups excluding carboxylic acids is 1. The third-order valence-electron chi connectivity index (χ3n) is 5.34. The lowest BCUT2D eigenvalue weighted by Gasteiger charge is -2.50. The number of fused-ring (bicyclic) bond motifs is 4. The van der Waals surface area contributed by atoms with E-state index in [0.717, 1.165) is 19.4 Å². The molecule has 108 valence electrons. The fraction of sp³-hybridized carbons (Fsp3) is 0.588. The van der Waals surface area contributed by atoms with E-state index in [1.54, 1.807) is 0 Å². The molecule has 2 bridgehead atoms. The lowest BCUT2D eigenvalue weighted by molar-refractivity contribution is 0.0525. The molecule has 3 nitrogen and oxygen atoms in total. The van der Waals surface area contributed by atoms with Gasteiger partial charge in [-0.1, -0.05) is 19.9 Å². The van der Waals surface area contributed by atoms with Crippen molar-refractivity contribution in [3.63, 3.8) is 0 Å². The van der Waals surface area contributed by atoms with Crippen molar-refractivity contribution in [2.24, 2.45) is 5.92 Å². The smallest absolute Gasteiger partial charge is 0.338 e. The lowest BCUT2D eigenvalue weighted by atomic mass is 9.59. The van der Waals surface area contributed by atoms with Crippen LogP contribution in [0, 0.1) is 5.92 Å². The SMILES string of the molecule is CCOC(=O)c1ccc2c(c1)[C@]1(C)CCN[C@H](C2)[C@H]1C. The Morgan fingerprint density at radius 1 is 1.50 bits per heavy atom. The molecule has 1 aromatic rings. The minimum atomic E-state index is -0.206. The van der Waals surface area contributed by atoms with Crippen molar-refractivity contribution in [3.05, 3.63) is 34.9 Å². The van der Waals surface area contributed by atoms with E-state index in [2.05, 4.69) is 31.3 Å². The van der Waals surface area contributed by atoms with E-state index in [-0.39, 0.29) is 11.4 Å². The van der Waals surface area contributed by atoms with E-state index in [4.69, 9.17) is 4.74 Å². The van der Waals surface area contributed by atoms with Crippen molar-refractivity contribution < 1.29 is 9.53 Å². The predicted molar refractivity (Wildman–Crippen MR) is 79.0 cm³/mol. The number of benzene rings is 1. The number of ether oxygens (including phenoxy) is 1. The van der Waals surface area contributed by atoms with Crippen LogP contribution in [0.4, 0.5) is 0 Å². The average Bonchev–Trinajstić information content (AvgIpc) is 2.42. The Morgan fingerprint density at radius 3 is 3.05 bits per heavy atom. The number of hydrogen-bond acceptors (Lipinski definition) is 3. The van der Waals surface area contributed by atoms with Crippen LogP contribution in [0.15, 0.2) is 18.2 Å². The molecule has 1 heterocycles. The zero-order chi connectivity index (χ0) is 14.3. The third kappa shape index (κ3) is 1.96. The number of piperidine rings is 1. The highest BCUT2D eigenvalue weighted by molar-refractivity contribution is 5.89. The van der Waals surface area contributed by atoms with Gasteiger partial charge in [0, 0.05) is 6.04 Å². The van der Waals surface area contributed by atoms with E-state index in [9.17, 15) is 4.79 Å². The van der Waals surface area contributed by atoms with Crippen LogP contribution in [-0.2, 0) is 16.6 Å². The Hall–Kier alpha value is -1.35. The van der Waals surface area contributed by atoms with Crippen LogP contribution in [0.1, 0.15) is 48.7 Å². The molecule has 20 heavy (non-hydrogen) atoms. The summed E-state index contributed by atoms with van der Waals surface area (Å²) in [6.07, 6.45) is 2.19. The molecule has 1 fully saturated rings. The van der Waals surface area contributed by atoms with E-state index in [1.165, 1.54) is 11.1 Å². The monoisotopic (exact) mass is 273 g/mol. The van der Waals surface area contributed by atoms with E-state index >= 15 is 0 Å². The maximum Gasteiger partial charge on any atom is 0.338 e. The zero-order valence-corrected chi connectivity index (χ0v) is 12.5. The second-order valence-electron chi connectivity index (χ2n) is 6.31. The summed E-state index contributed by atoms with van der Waals surface area (Å²) in [6.45, 7) is 8.01. The summed E-state index contributed by atoms with van der Waals surface area (Å²) >= 11 is 0. The molecule has 1 aliphatic heterocycles. The van der Waals surface area contributed by atoms with Gasteiger partial charge in [-0.15, -0.1) is 0 Å². The minimum absolute atomic E-state index is 0.173. The molecule has 0 saturated carbocycles. The predicted octanol–water partition coefficient (Wildman–Crippen LogP) is 2.68. The lowest BCUT2D eigenvalue weighted by Crippen LogP contribution is -2.56. The van der Waals surface area contributed by atoms with Gasteiger partial charge in [0.2, 0.25) is 0 Å². The van der Waals surface area contributed by atoms with Crippen molar-refractivity contribution in [1.82, 2.24) is 5.32 Å². The molecule has 3 rings (SSSR count). The standard InChI is InChI=1S/C17H23NO2/c1-4-20-16(19)13-6-5-12-10-15-11(2)17(3,7-8-18-15)14(12)9-13/h5-6,9,11,15,18H,4,7-8,10H2,1-3H3/t11-,15-,17-/m1/s1. The van der Waals surface area contributed by atoms with Gasteiger partial charge in [0.05, 0.1) is 12.2 Å². The fourth-order valence-corrected chi connectivity index (χ4v) is 3.86. The van der Waals surface area contributed by atoms with Crippen LogP contribution in [0.25, 0.3) is 0 Å². The number of rotatable bonds is 2. The maximum absolute atomic E-state index is 12.0. The Morgan fingerprint density at radius 2 is 2.30 bits per heavy atom.